The van der Waals surface area contributed by atoms with Gasteiger partial charge in [0.05, 0.1) is 0 Å². The van der Waals surface area contributed by atoms with Crippen LogP contribution in [-0.4, -0.2) is 13.1 Å². The highest BCUT2D eigenvalue weighted by atomic mass is 14.9. The van der Waals surface area contributed by atoms with E-state index < -0.39 is 0 Å². The molecule has 1 nitrogen and oxygen atoms in total. The summed E-state index contributed by atoms with van der Waals surface area (Å²) in [7, 11) is 2.10. The first-order valence-corrected chi connectivity index (χ1v) is 7.08. The zero-order chi connectivity index (χ0) is 12.3. The highest BCUT2D eigenvalue weighted by Gasteiger charge is 2.05. The maximum Gasteiger partial charge on any atom is 0.00641 e. The number of hydrogen-bond donors (Lipinski definition) is 1. The maximum absolute atomic E-state index is 3.45. The van der Waals surface area contributed by atoms with Crippen molar-refractivity contribution in [2.45, 2.75) is 57.9 Å². The summed E-state index contributed by atoms with van der Waals surface area (Å²) in [4.78, 5) is 0. The van der Waals surface area contributed by atoms with Crippen molar-refractivity contribution in [1.82, 2.24) is 5.32 Å². The van der Waals surface area contributed by atoms with E-state index in [2.05, 4.69) is 49.6 Å². The van der Waals surface area contributed by atoms with Gasteiger partial charge in [0.25, 0.3) is 0 Å². The van der Waals surface area contributed by atoms with Crippen LogP contribution in [-0.2, 0) is 6.42 Å². The Kier molecular flexibility index (Phi) is 7.74. The predicted molar refractivity (Wildman–Crippen MR) is 76.4 cm³/mol. The Labute approximate surface area is 107 Å². The fourth-order valence-corrected chi connectivity index (χ4v) is 2.27. The zero-order valence-corrected chi connectivity index (χ0v) is 11.4. The van der Waals surface area contributed by atoms with Crippen molar-refractivity contribution in [3.8, 4) is 0 Å². The van der Waals surface area contributed by atoms with E-state index in [0.29, 0.717) is 6.04 Å². The van der Waals surface area contributed by atoms with E-state index in [4.69, 9.17) is 0 Å². The minimum Gasteiger partial charge on any atom is -0.317 e. The smallest absolute Gasteiger partial charge is 0.00641 e. The van der Waals surface area contributed by atoms with Crippen LogP contribution in [0.2, 0.25) is 0 Å². The Morgan fingerprint density at radius 1 is 1.00 bits per heavy atom. The SMILES string of the molecule is CCCCCC(CCCc1ccccc1)NC. The Morgan fingerprint density at radius 2 is 1.71 bits per heavy atom. The number of rotatable bonds is 9. The van der Waals surface area contributed by atoms with Gasteiger partial charge in [-0.1, -0.05) is 56.5 Å². The Morgan fingerprint density at radius 3 is 2.35 bits per heavy atom. The van der Waals surface area contributed by atoms with Crippen molar-refractivity contribution < 1.29 is 0 Å². The van der Waals surface area contributed by atoms with Crippen LogP contribution < -0.4 is 5.32 Å². The van der Waals surface area contributed by atoms with E-state index in [1.165, 1.54) is 50.5 Å². The summed E-state index contributed by atoms with van der Waals surface area (Å²) in [6, 6.07) is 11.5. The molecule has 0 saturated heterocycles. The first-order valence-electron chi connectivity index (χ1n) is 7.08. The van der Waals surface area contributed by atoms with E-state index in [1.807, 2.05) is 0 Å². The lowest BCUT2D eigenvalue weighted by Gasteiger charge is -2.15. The van der Waals surface area contributed by atoms with Crippen LogP contribution >= 0.6 is 0 Å². The predicted octanol–water partition coefficient (Wildman–Crippen LogP) is 4.18. The molecule has 0 aromatic heterocycles. The number of aryl methyl sites for hydroxylation is 1. The normalized spacial score (nSPS) is 12.6. The third-order valence-corrected chi connectivity index (χ3v) is 3.43. The number of benzene rings is 1. The largest absolute Gasteiger partial charge is 0.317 e. The topological polar surface area (TPSA) is 12.0 Å². The van der Waals surface area contributed by atoms with Gasteiger partial charge in [-0.05, 0) is 38.3 Å². The third kappa shape index (κ3) is 6.48. The molecule has 96 valence electrons. The Bertz CT molecular complexity index is 268. The average Bonchev–Trinajstić information content (AvgIpc) is 2.38. The van der Waals surface area contributed by atoms with Gasteiger partial charge in [-0.3, -0.25) is 0 Å². The molecule has 1 N–H and O–H groups in total. The van der Waals surface area contributed by atoms with E-state index in [9.17, 15) is 0 Å². The molecule has 0 bridgehead atoms. The van der Waals surface area contributed by atoms with Crippen LogP contribution in [0.5, 0.6) is 0 Å². The van der Waals surface area contributed by atoms with Gasteiger partial charge in [0, 0.05) is 6.04 Å². The van der Waals surface area contributed by atoms with Crippen LogP contribution in [0.4, 0.5) is 0 Å². The molecule has 1 heteroatoms. The zero-order valence-electron chi connectivity index (χ0n) is 11.4. The fourth-order valence-electron chi connectivity index (χ4n) is 2.27. The second kappa shape index (κ2) is 9.23. The summed E-state index contributed by atoms with van der Waals surface area (Å²) < 4.78 is 0. The molecular formula is C16H27N. The number of hydrogen-bond acceptors (Lipinski definition) is 1. The molecule has 1 aromatic carbocycles. The van der Waals surface area contributed by atoms with Crippen LogP contribution in [0.15, 0.2) is 30.3 Å². The molecular weight excluding hydrogens is 206 g/mol. The molecule has 0 heterocycles. The molecule has 0 spiro atoms. The second-order valence-electron chi connectivity index (χ2n) is 4.86. The quantitative estimate of drug-likeness (QED) is 0.631. The number of nitrogens with one attached hydrogen (secondary N) is 1. The molecule has 17 heavy (non-hydrogen) atoms. The monoisotopic (exact) mass is 233 g/mol. The molecule has 1 rings (SSSR count). The van der Waals surface area contributed by atoms with Crippen LogP contribution in [0.3, 0.4) is 0 Å². The summed E-state index contributed by atoms with van der Waals surface area (Å²) in [5.41, 5.74) is 1.47. The fraction of sp³-hybridized carbons (Fsp3) is 0.625. The highest BCUT2D eigenvalue weighted by molar-refractivity contribution is 5.14. The lowest BCUT2D eigenvalue weighted by molar-refractivity contribution is 0.453. The van der Waals surface area contributed by atoms with Gasteiger partial charge >= 0.3 is 0 Å². The van der Waals surface area contributed by atoms with Crippen molar-refractivity contribution in [3.05, 3.63) is 35.9 Å². The van der Waals surface area contributed by atoms with E-state index >= 15 is 0 Å². The lowest BCUT2D eigenvalue weighted by Crippen LogP contribution is -2.25. The van der Waals surface area contributed by atoms with E-state index in [-0.39, 0.29) is 0 Å². The molecule has 1 unspecified atom stereocenters. The van der Waals surface area contributed by atoms with Crippen molar-refractivity contribution in [1.29, 1.82) is 0 Å². The summed E-state index contributed by atoms with van der Waals surface area (Å²) in [5, 5.41) is 3.45. The number of unbranched alkanes of at least 4 members (excludes halogenated alkanes) is 2. The minimum absolute atomic E-state index is 0.713. The molecule has 0 radical (unpaired) electrons. The molecule has 0 saturated carbocycles. The van der Waals surface area contributed by atoms with E-state index in [1.54, 1.807) is 0 Å². The first kappa shape index (κ1) is 14.2. The van der Waals surface area contributed by atoms with Gasteiger partial charge in [0.2, 0.25) is 0 Å². The minimum atomic E-state index is 0.713. The van der Waals surface area contributed by atoms with Crippen LogP contribution in [0, 0.1) is 0 Å². The van der Waals surface area contributed by atoms with E-state index in [0.717, 1.165) is 0 Å². The molecule has 1 atom stereocenters. The van der Waals surface area contributed by atoms with Crippen molar-refractivity contribution in [2.75, 3.05) is 7.05 Å². The first-order chi connectivity index (χ1) is 8.36. The van der Waals surface area contributed by atoms with Crippen LogP contribution in [0.25, 0.3) is 0 Å². The Hall–Kier alpha value is -0.820. The Balaban J connectivity index is 2.15. The van der Waals surface area contributed by atoms with Gasteiger partial charge < -0.3 is 5.32 Å². The highest BCUT2D eigenvalue weighted by Crippen LogP contribution is 2.11. The van der Waals surface area contributed by atoms with Gasteiger partial charge in [0.1, 0.15) is 0 Å². The maximum atomic E-state index is 3.45. The third-order valence-electron chi connectivity index (χ3n) is 3.43. The molecule has 1 aromatic rings. The second-order valence-corrected chi connectivity index (χ2v) is 4.86. The summed E-state index contributed by atoms with van der Waals surface area (Å²) in [5.74, 6) is 0. The van der Waals surface area contributed by atoms with Crippen molar-refractivity contribution in [2.24, 2.45) is 0 Å². The van der Waals surface area contributed by atoms with Crippen LogP contribution in [0.1, 0.15) is 51.0 Å². The van der Waals surface area contributed by atoms with Gasteiger partial charge in [-0.25, -0.2) is 0 Å². The summed E-state index contributed by atoms with van der Waals surface area (Å²) in [6.07, 6.45) is 9.20. The van der Waals surface area contributed by atoms with Gasteiger partial charge in [-0.2, -0.15) is 0 Å². The standard InChI is InChI=1S/C16H27N/c1-3-4-6-13-16(17-2)14-9-12-15-10-7-5-8-11-15/h5,7-8,10-11,16-17H,3-4,6,9,12-14H2,1-2H3. The molecule has 0 amide bonds. The molecule has 0 aliphatic rings. The van der Waals surface area contributed by atoms with Crippen molar-refractivity contribution >= 4 is 0 Å². The van der Waals surface area contributed by atoms with Gasteiger partial charge in [0.15, 0.2) is 0 Å². The lowest BCUT2D eigenvalue weighted by atomic mass is 10.0. The van der Waals surface area contributed by atoms with Gasteiger partial charge in [-0.15, -0.1) is 0 Å². The van der Waals surface area contributed by atoms with Crippen molar-refractivity contribution in [3.63, 3.8) is 0 Å². The molecule has 0 aliphatic carbocycles. The molecule has 0 aliphatic heterocycles. The summed E-state index contributed by atoms with van der Waals surface area (Å²) >= 11 is 0. The molecule has 0 fully saturated rings. The summed E-state index contributed by atoms with van der Waals surface area (Å²) in [6.45, 7) is 2.27. The average molecular weight is 233 g/mol.